The molecule has 0 aliphatic carbocycles. The zero-order chi connectivity index (χ0) is 19.3. The van der Waals surface area contributed by atoms with Gasteiger partial charge in [-0.05, 0) is 30.5 Å². The highest BCUT2D eigenvalue weighted by atomic mass is 32.2. The first kappa shape index (κ1) is 21.6. The van der Waals surface area contributed by atoms with Crippen molar-refractivity contribution in [2.45, 2.75) is 62.5 Å². The summed E-state index contributed by atoms with van der Waals surface area (Å²) in [7, 11) is 0. The van der Waals surface area contributed by atoms with Crippen LogP contribution in [0.25, 0.3) is 0 Å². The summed E-state index contributed by atoms with van der Waals surface area (Å²) in [6.07, 6.45) is 6.90. The first-order valence-corrected chi connectivity index (χ1v) is 11.2. The van der Waals surface area contributed by atoms with Crippen LogP contribution in [0.2, 0.25) is 0 Å². The van der Waals surface area contributed by atoms with Gasteiger partial charge in [-0.2, -0.15) is 0 Å². The lowest BCUT2D eigenvalue weighted by atomic mass is 10.1. The molecule has 146 valence electrons. The Labute approximate surface area is 169 Å². The number of carbonyl (C=O) groups is 1. The Balaban J connectivity index is 2.19. The minimum absolute atomic E-state index is 0.183. The third kappa shape index (κ3) is 7.42. The molecule has 0 aliphatic rings. The van der Waals surface area contributed by atoms with E-state index in [4.69, 9.17) is 0 Å². The monoisotopic (exact) mass is 383 g/mol. The number of thioether (sulfide) groups is 1. The van der Waals surface area contributed by atoms with Crippen LogP contribution in [-0.2, 0) is 4.79 Å². The molecular weight excluding hydrogens is 350 g/mol. The van der Waals surface area contributed by atoms with Crippen molar-refractivity contribution in [2.24, 2.45) is 0 Å². The maximum absolute atomic E-state index is 13.5. The average molecular weight is 384 g/mol. The summed E-state index contributed by atoms with van der Waals surface area (Å²) in [5.74, 6) is 0.252. The molecule has 0 saturated heterocycles. The van der Waals surface area contributed by atoms with E-state index < -0.39 is 0 Å². The van der Waals surface area contributed by atoms with Crippen LogP contribution in [-0.4, -0.2) is 23.9 Å². The van der Waals surface area contributed by atoms with Crippen LogP contribution >= 0.6 is 11.8 Å². The van der Waals surface area contributed by atoms with E-state index in [2.05, 4.69) is 43.0 Å². The van der Waals surface area contributed by atoms with Crippen molar-refractivity contribution in [3.63, 3.8) is 0 Å². The number of unbranched alkanes of at least 4 members (excludes halogenated alkanes) is 4. The number of hydrogen-bond donors (Lipinski definition) is 0. The van der Waals surface area contributed by atoms with E-state index in [-0.39, 0.29) is 11.2 Å². The standard InChI is InChI=1S/C24H33NOS/c1-3-5-13-19-25(20-14-6-4-2)24(26)23(21-15-9-7-10-16-21)27-22-17-11-8-12-18-22/h7-12,15-18,23H,3-6,13-14,19-20H2,1-2H3. The molecule has 0 N–H and O–H groups in total. The van der Waals surface area contributed by atoms with Crippen molar-refractivity contribution < 1.29 is 4.79 Å². The molecule has 0 heterocycles. The molecule has 1 amide bonds. The first-order chi connectivity index (χ1) is 13.3. The second kappa shape index (κ2) is 12.6. The minimum Gasteiger partial charge on any atom is -0.341 e. The van der Waals surface area contributed by atoms with Crippen LogP contribution in [0, 0.1) is 0 Å². The second-order valence-electron chi connectivity index (χ2n) is 6.96. The Morgan fingerprint density at radius 2 is 1.33 bits per heavy atom. The molecule has 2 aromatic rings. The van der Waals surface area contributed by atoms with E-state index in [1.807, 2.05) is 36.4 Å². The summed E-state index contributed by atoms with van der Waals surface area (Å²) in [5, 5.41) is -0.183. The maximum Gasteiger partial charge on any atom is 0.240 e. The Bertz CT molecular complexity index is 634. The van der Waals surface area contributed by atoms with Crippen molar-refractivity contribution in [1.82, 2.24) is 4.90 Å². The molecule has 0 spiro atoms. The van der Waals surface area contributed by atoms with Crippen molar-refractivity contribution in [2.75, 3.05) is 13.1 Å². The predicted octanol–water partition coefficient (Wildman–Crippen LogP) is 6.73. The summed E-state index contributed by atoms with van der Waals surface area (Å²) in [5.41, 5.74) is 1.09. The van der Waals surface area contributed by atoms with Gasteiger partial charge >= 0.3 is 0 Å². The van der Waals surface area contributed by atoms with Gasteiger partial charge in [-0.1, -0.05) is 88.1 Å². The third-order valence-corrected chi connectivity index (χ3v) is 5.95. The highest BCUT2D eigenvalue weighted by molar-refractivity contribution is 8.00. The van der Waals surface area contributed by atoms with Gasteiger partial charge < -0.3 is 4.90 Å². The predicted molar refractivity (Wildman–Crippen MR) is 117 cm³/mol. The van der Waals surface area contributed by atoms with Crippen molar-refractivity contribution in [3.8, 4) is 0 Å². The molecule has 0 bridgehead atoms. The van der Waals surface area contributed by atoms with E-state index in [1.165, 1.54) is 25.7 Å². The van der Waals surface area contributed by atoms with Crippen molar-refractivity contribution >= 4 is 17.7 Å². The van der Waals surface area contributed by atoms with E-state index in [9.17, 15) is 4.79 Å². The molecule has 2 rings (SSSR count). The number of benzene rings is 2. The summed E-state index contributed by atoms with van der Waals surface area (Å²) in [4.78, 5) is 16.8. The molecule has 0 aliphatic heterocycles. The average Bonchev–Trinajstić information content (AvgIpc) is 2.72. The Morgan fingerprint density at radius 3 is 1.85 bits per heavy atom. The van der Waals surface area contributed by atoms with Gasteiger partial charge in [-0.15, -0.1) is 11.8 Å². The minimum atomic E-state index is -0.183. The van der Waals surface area contributed by atoms with Crippen LogP contribution in [0.4, 0.5) is 0 Å². The summed E-state index contributed by atoms with van der Waals surface area (Å²) in [6.45, 7) is 6.16. The van der Waals surface area contributed by atoms with Gasteiger partial charge in [0, 0.05) is 18.0 Å². The molecule has 0 saturated carbocycles. The maximum atomic E-state index is 13.5. The molecule has 2 aromatic carbocycles. The van der Waals surface area contributed by atoms with Gasteiger partial charge in [0.2, 0.25) is 5.91 Å². The molecule has 0 radical (unpaired) electrons. The van der Waals surface area contributed by atoms with Crippen molar-refractivity contribution in [1.29, 1.82) is 0 Å². The zero-order valence-electron chi connectivity index (χ0n) is 16.8. The van der Waals surface area contributed by atoms with Crippen molar-refractivity contribution in [3.05, 3.63) is 66.2 Å². The SMILES string of the molecule is CCCCCN(CCCCC)C(=O)C(Sc1ccccc1)c1ccccc1. The smallest absolute Gasteiger partial charge is 0.240 e. The zero-order valence-corrected chi connectivity index (χ0v) is 17.6. The molecule has 1 atom stereocenters. The van der Waals surface area contributed by atoms with Crippen LogP contribution in [0.3, 0.4) is 0 Å². The summed E-state index contributed by atoms with van der Waals surface area (Å²) < 4.78 is 0. The Morgan fingerprint density at radius 1 is 0.815 bits per heavy atom. The molecule has 0 aromatic heterocycles. The molecule has 2 nitrogen and oxygen atoms in total. The fraction of sp³-hybridized carbons (Fsp3) is 0.458. The lowest BCUT2D eigenvalue weighted by Gasteiger charge is -2.28. The van der Waals surface area contributed by atoms with Gasteiger partial charge in [0.15, 0.2) is 0 Å². The Kier molecular flexibility index (Phi) is 10.1. The molecule has 27 heavy (non-hydrogen) atoms. The van der Waals surface area contributed by atoms with Gasteiger partial charge in [0.1, 0.15) is 5.25 Å². The van der Waals surface area contributed by atoms with Gasteiger partial charge in [-0.3, -0.25) is 4.79 Å². The summed E-state index contributed by atoms with van der Waals surface area (Å²) >= 11 is 1.67. The second-order valence-corrected chi connectivity index (χ2v) is 8.14. The topological polar surface area (TPSA) is 20.3 Å². The fourth-order valence-corrected chi connectivity index (χ4v) is 4.26. The van der Waals surface area contributed by atoms with Crippen LogP contribution in [0.1, 0.15) is 63.2 Å². The number of amides is 1. The van der Waals surface area contributed by atoms with E-state index in [0.717, 1.165) is 36.4 Å². The van der Waals surface area contributed by atoms with E-state index >= 15 is 0 Å². The Hall–Kier alpha value is -1.74. The number of nitrogens with zero attached hydrogens (tertiary/aromatic N) is 1. The normalized spacial score (nSPS) is 11.9. The first-order valence-electron chi connectivity index (χ1n) is 10.3. The quantitative estimate of drug-likeness (QED) is 0.299. The van der Waals surface area contributed by atoms with E-state index in [0.29, 0.717) is 0 Å². The molecule has 3 heteroatoms. The van der Waals surface area contributed by atoms with Gasteiger partial charge in [-0.25, -0.2) is 0 Å². The number of rotatable bonds is 12. The molecule has 0 fully saturated rings. The fourth-order valence-electron chi connectivity index (χ4n) is 3.13. The number of hydrogen-bond acceptors (Lipinski definition) is 2. The molecule has 1 unspecified atom stereocenters. The highest BCUT2D eigenvalue weighted by Crippen LogP contribution is 2.36. The van der Waals surface area contributed by atoms with Gasteiger partial charge in [0.05, 0.1) is 0 Å². The molecular formula is C24H33NOS. The number of carbonyl (C=O) groups excluding carboxylic acids is 1. The highest BCUT2D eigenvalue weighted by Gasteiger charge is 2.26. The lowest BCUT2D eigenvalue weighted by Crippen LogP contribution is -2.36. The third-order valence-electron chi connectivity index (χ3n) is 4.70. The van der Waals surface area contributed by atoms with Crippen LogP contribution in [0.15, 0.2) is 65.6 Å². The largest absolute Gasteiger partial charge is 0.341 e. The summed E-state index contributed by atoms with van der Waals surface area (Å²) in [6, 6.07) is 20.5. The van der Waals surface area contributed by atoms with Crippen LogP contribution in [0.5, 0.6) is 0 Å². The van der Waals surface area contributed by atoms with E-state index in [1.54, 1.807) is 11.8 Å². The van der Waals surface area contributed by atoms with Crippen LogP contribution < -0.4 is 0 Å². The van der Waals surface area contributed by atoms with Gasteiger partial charge in [0.25, 0.3) is 0 Å². The lowest BCUT2D eigenvalue weighted by molar-refractivity contribution is -0.130.